The number of hydrogen-bond acceptors (Lipinski definition) is 3. The third-order valence-corrected chi connectivity index (χ3v) is 5.64. The number of aromatic hydroxyl groups is 1. The van der Waals surface area contributed by atoms with Gasteiger partial charge in [-0.2, -0.15) is 0 Å². The highest BCUT2D eigenvalue weighted by Crippen LogP contribution is 2.51. The van der Waals surface area contributed by atoms with Crippen LogP contribution in [0.4, 0.5) is 5.69 Å². The third-order valence-electron chi connectivity index (χ3n) is 5.40. The van der Waals surface area contributed by atoms with Gasteiger partial charge in [-0.1, -0.05) is 41.9 Å². The molecule has 6 heteroatoms. The Balaban J connectivity index is 1.94. The monoisotopic (exact) mass is 389 g/mol. The van der Waals surface area contributed by atoms with E-state index in [1.807, 2.05) is 30.3 Å². The molecule has 0 fully saturated rings. The van der Waals surface area contributed by atoms with Crippen LogP contribution in [-0.2, 0) is 10.2 Å². The van der Waals surface area contributed by atoms with Gasteiger partial charge >= 0.3 is 0 Å². The molecule has 1 aromatic heterocycles. The van der Waals surface area contributed by atoms with Gasteiger partial charge in [-0.25, -0.2) is 4.98 Å². The molecule has 0 saturated carbocycles. The Morgan fingerprint density at radius 2 is 1.79 bits per heavy atom. The van der Waals surface area contributed by atoms with Crippen molar-refractivity contribution in [1.29, 1.82) is 0 Å². The predicted octanol–water partition coefficient (Wildman–Crippen LogP) is 4.23. The van der Waals surface area contributed by atoms with Crippen molar-refractivity contribution >= 4 is 34.2 Å². The topological polar surface area (TPSA) is 69.2 Å². The van der Waals surface area contributed by atoms with Crippen LogP contribution in [-0.4, -0.2) is 28.0 Å². The van der Waals surface area contributed by atoms with E-state index in [2.05, 4.69) is 4.98 Å². The van der Waals surface area contributed by atoms with Gasteiger partial charge in [0.2, 0.25) is 5.91 Å². The number of likely N-dealkylation sites (N-methyl/N-ethyl adjacent to an activating group) is 1. The van der Waals surface area contributed by atoms with Crippen LogP contribution in [0, 0.1) is 0 Å². The zero-order valence-electron chi connectivity index (χ0n) is 15.0. The predicted molar refractivity (Wildman–Crippen MR) is 109 cm³/mol. The highest BCUT2D eigenvalue weighted by molar-refractivity contribution is 6.31. The van der Waals surface area contributed by atoms with Crippen LogP contribution in [0.1, 0.15) is 17.0 Å². The summed E-state index contributed by atoms with van der Waals surface area (Å²) in [6, 6.07) is 19.8. The van der Waals surface area contributed by atoms with Gasteiger partial charge in [0, 0.05) is 28.9 Å². The molecule has 138 valence electrons. The Labute approximate surface area is 166 Å². The van der Waals surface area contributed by atoms with Gasteiger partial charge in [-0.3, -0.25) is 4.79 Å². The third kappa shape index (κ3) is 2.08. The van der Waals surface area contributed by atoms with E-state index in [4.69, 9.17) is 16.6 Å². The summed E-state index contributed by atoms with van der Waals surface area (Å²) in [5.74, 6) is 0.274. The SMILES string of the molecule is CN1C(=O)C(c2nc3ccccc3[nH]2)(c2ccccc2O)c2cc(Cl)ccc21. The van der Waals surface area contributed by atoms with E-state index >= 15 is 0 Å². The summed E-state index contributed by atoms with van der Waals surface area (Å²) in [6.45, 7) is 0. The molecule has 0 spiro atoms. The number of nitrogens with zero attached hydrogens (tertiary/aromatic N) is 2. The number of nitrogens with one attached hydrogen (secondary N) is 1. The molecular formula is C22H16ClN3O2. The van der Waals surface area contributed by atoms with E-state index in [0.717, 1.165) is 16.7 Å². The molecule has 0 saturated heterocycles. The minimum absolute atomic E-state index is 0.0255. The number of hydrogen-bond donors (Lipinski definition) is 2. The van der Waals surface area contributed by atoms with Crippen LogP contribution in [0.5, 0.6) is 5.75 Å². The van der Waals surface area contributed by atoms with Gasteiger partial charge in [0.1, 0.15) is 11.6 Å². The summed E-state index contributed by atoms with van der Waals surface area (Å²) >= 11 is 6.32. The lowest BCUT2D eigenvalue weighted by Gasteiger charge is -2.27. The second-order valence-electron chi connectivity index (χ2n) is 6.90. The first-order chi connectivity index (χ1) is 13.5. The van der Waals surface area contributed by atoms with Crippen molar-refractivity contribution in [2.45, 2.75) is 5.41 Å². The van der Waals surface area contributed by atoms with E-state index in [9.17, 15) is 9.90 Å². The molecule has 3 aromatic carbocycles. The van der Waals surface area contributed by atoms with Gasteiger partial charge in [0.05, 0.1) is 11.0 Å². The van der Waals surface area contributed by atoms with Crippen molar-refractivity contribution in [3.8, 4) is 5.75 Å². The lowest BCUT2D eigenvalue weighted by atomic mass is 9.74. The number of phenols is 1. The molecule has 1 unspecified atom stereocenters. The number of para-hydroxylation sites is 3. The summed E-state index contributed by atoms with van der Waals surface area (Å²) in [4.78, 5) is 23.4. The molecule has 1 aliphatic rings. The second kappa shape index (κ2) is 5.84. The van der Waals surface area contributed by atoms with Crippen molar-refractivity contribution in [2.24, 2.45) is 0 Å². The molecule has 2 heterocycles. The molecule has 1 amide bonds. The largest absolute Gasteiger partial charge is 0.508 e. The Bertz CT molecular complexity index is 1220. The molecule has 0 aliphatic carbocycles. The number of rotatable bonds is 2. The van der Waals surface area contributed by atoms with E-state index in [1.165, 1.54) is 0 Å². The van der Waals surface area contributed by atoms with E-state index in [-0.39, 0.29) is 11.7 Å². The summed E-state index contributed by atoms with van der Waals surface area (Å²) in [6.07, 6.45) is 0. The number of fused-ring (bicyclic) bond motifs is 2. The number of aromatic amines is 1. The van der Waals surface area contributed by atoms with Gasteiger partial charge in [0.15, 0.2) is 5.41 Å². The van der Waals surface area contributed by atoms with Crippen molar-refractivity contribution in [2.75, 3.05) is 11.9 Å². The standard InChI is InChI=1S/C22H16ClN3O2/c1-26-18-11-10-13(23)12-15(18)22(21(26)28,14-6-2-5-9-19(14)27)20-24-16-7-3-4-8-17(16)25-20/h2-12,27H,1H3,(H,24,25). The first-order valence-corrected chi connectivity index (χ1v) is 9.23. The maximum absolute atomic E-state index is 13.7. The highest BCUT2D eigenvalue weighted by atomic mass is 35.5. The molecule has 0 radical (unpaired) electrons. The number of carbonyl (C=O) groups excluding carboxylic acids is 1. The summed E-state index contributed by atoms with van der Waals surface area (Å²) in [5.41, 5.74) is 2.13. The van der Waals surface area contributed by atoms with Crippen LogP contribution in [0.25, 0.3) is 11.0 Å². The van der Waals surface area contributed by atoms with Crippen molar-refractivity contribution in [3.05, 3.63) is 88.7 Å². The number of aromatic nitrogens is 2. The molecule has 5 rings (SSSR count). The fourth-order valence-corrected chi connectivity index (χ4v) is 4.29. The number of imidazole rings is 1. The Morgan fingerprint density at radius 1 is 1.04 bits per heavy atom. The maximum Gasteiger partial charge on any atom is 0.249 e. The smallest absolute Gasteiger partial charge is 0.249 e. The number of carbonyl (C=O) groups is 1. The second-order valence-corrected chi connectivity index (χ2v) is 7.33. The van der Waals surface area contributed by atoms with Crippen LogP contribution in [0.3, 0.4) is 0 Å². The number of benzene rings is 3. The molecular weight excluding hydrogens is 374 g/mol. The van der Waals surface area contributed by atoms with Gasteiger partial charge in [0.25, 0.3) is 0 Å². The average molecular weight is 390 g/mol. The lowest BCUT2D eigenvalue weighted by Crippen LogP contribution is -2.41. The van der Waals surface area contributed by atoms with E-state index in [1.54, 1.807) is 48.3 Å². The summed E-state index contributed by atoms with van der Waals surface area (Å²) in [7, 11) is 1.72. The lowest BCUT2D eigenvalue weighted by molar-refractivity contribution is -0.120. The van der Waals surface area contributed by atoms with Crippen LogP contribution < -0.4 is 4.90 Å². The molecule has 0 bridgehead atoms. The fraction of sp³-hybridized carbons (Fsp3) is 0.0909. The molecule has 1 atom stereocenters. The van der Waals surface area contributed by atoms with Crippen LogP contribution in [0.2, 0.25) is 5.02 Å². The molecule has 1 aliphatic heterocycles. The minimum atomic E-state index is -1.32. The number of amides is 1. The van der Waals surface area contributed by atoms with Crippen molar-refractivity contribution in [1.82, 2.24) is 9.97 Å². The first kappa shape index (κ1) is 16.8. The zero-order valence-corrected chi connectivity index (χ0v) is 15.7. The quantitative estimate of drug-likeness (QED) is 0.539. The normalized spacial score (nSPS) is 18.6. The average Bonchev–Trinajstić information content (AvgIpc) is 3.21. The number of phenolic OH excluding ortho intramolecular Hbond substituents is 1. The number of halogens is 1. The summed E-state index contributed by atoms with van der Waals surface area (Å²) < 4.78 is 0. The first-order valence-electron chi connectivity index (χ1n) is 8.85. The maximum atomic E-state index is 13.7. The molecule has 28 heavy (non-hydrogen) atoms. The fourth-order valence-electron chi connectivity index (χ4n) is 4.12. The van der Waals surface area contributed by atoms with Gasteiger partial charge < -0.3 is 15.0 Å². The van der Waals surface area contributed by atoms with Crippen molar-refractivity contribution in [3.63, 3.8) is 0 Å². The Morgan fingerprint density at radius 3 is 2.57 bits per heavy atom. The van der Waals surface area contributed by atoms with Crippen LogP contribution in [0.15, 0.2) is 66.7 Å². The van der Waals surface area contributed by atoms with Gasteiger partial charge in [-0.15, -0.1) is 0 Å². The van der Waals surface area contributed by atoms with E-state index < -0.39 is 5.41 Å². The molecule has 2 N–H and O–H groups in total. The van der Waals surface area contributed by atoms with E-state index in [0.29, 0.717) is 22.0 Å². The Kier molecular flexibility index (Phi) is 3.51. The molecule has 4 aromatic rings. The zero-order chi connectivity index (χ0) is 19.5. The Hall–Kier alpha value is -3.31. The summed E-state index contributed by atoms with van der Waals surface area (Å²) in [5, 5.41) is 11.2. The van der Waals surface area contributed by atoms with Crippen molar-refractivity contribution < 1.29 is 9.90 Å². The van der Waals surface area contributed by atoms with Crippen LogP contribution >= 0.6 is 11.6 Å². The number of H-pyrrole nitrogens is 1. The number of anilines is 1. The molecule has 5 nitrogen and oxygen atoms in total. The highest BCUT2D eigenvalue weighted by Gasteiger charge is 2.55. The minimum Gasteiger partial charge on any atom is -0.508 e. The van der Waals surface area contributed by atoms with Gasteiger partial charge in [-0.05, 0) is 36.4 Å².